The number of nitrogens with zero attached hydrogens (tertiary/aromatic N) is 2. The van der Waals surface area contributed by atoms with E-state index in [1.165, 1.54) is 31.4 Å². The summed E-state index contributed by atoms with van der Waals surface area (Å²) in [4.78, 5) is 24.6. The zero-order chi connectivity index (χ0) is 16.1. The van der Waals surface area contributed by atoms with Crippen LogP contribution in [0.3, 0.4) is 0 Å². The number of amides is 1. The minimum atomic E-state index is -0.455. The molecule has 0 aromatic heterocycles. The van der Waals surface area contributed by atoms with Gasteiger partial charge in [-0.3, -0.25) is 19.8 Å². The quantitative estimate of drug-likeness (QED) is 0.670. The Balaban J connectivity index is 1.96. The lowest BCUT2D eigenvalue weighted by molar-refractivity contribution is -0.384. The van der Waals surface area contributed by atoms with E-state index in [0.29, 0.717) is 18.3 Å². The van der Waals surface area contributed by atoms with Crippen LogP contribution in [-0.2, 0) is 4.79 Å². The van der Waals surface area contributed by atoms with Crippen molar-refractivity contribution in [2.45, 2.75) is 45.1 Å². The Morgan fingerprint density at radius 1 is 1.36 bits per heavy atom. The fraction of sp³-hybridized carbons (Fsp3) is 0.562. The molecule has 0 unspecified atom stereocenters. The molecule has 22 heavy (non-hydrogen) atoms. The molecule has 1 amide bonds. The molecule has 120 valence electrons. The number of hydrogen-bond donors (Lipinski definition) is 1. The Hall–Kier alpha value is -1.95. The van der Waals surface area contributed by atoms with Crippen LogP contribution >= 0.6 is 0 Å². The minimum Gasteiger partial charge on any atom is -0.324 e. The molecule has 1 aromatic carbocycles. The maximum atomic E-state index is 12.2. The molecular formula is C16H23N3O3. The van der Waals surface area contributed by atoms with Crippen molar-refractivity contribution in [1.82, 2.24) is 4.90 Å². The summed E-state index contributed by atoms with van der Waals surface area (Å²) in [5.41, 5.74) is 1.32. The summed E-state index contributed by atoms with van der Waals surface area (Å²) in [5.74, 6) is -0.128. The monoisotopic (exact) mass is 305 g/mol. The van der Waals surface area contributed by atoms with Gasteiger partial charge in [0.1, 0.15) is 0 Å². The highest BCUT2D eigenvalue weighted by Crippen LogP contribution is 2.23. The number of anilines is 1. The SMILES string of the molecule is Cc1ccc([N+](=O)[O-])cc1NC(=O)CN(C)C1CCCCC1. The van der Waals surface area contributed by atoms with Gasteiger partial charge < -0.3 is 5.32 Å². The van der Waals surface area contributed by atoms with Crippen molar-refractivity contribution in [2.75, 3.05) is 18.9 Å². The van der Waals surface area contributed by atoms with Gasteiger partial charge >= 0.3 is 0 Å². The summed E-state index contributed by atoms with van der Waals surface area (Å²) in [6, 6.07) is 4.97. The first-order valence-corrected chi connectivity index (χ1v) is 7.72. The number of likely N-dealkylation sites (N-methyl/N-ethyl adjacent to an activating group) is 1. The van der Waals surface area contributed by atoms with Gasteiger partial charge in [-0.2, -0.15) is 0 Å². The highest BCUT2D eigenvalue weighted by molar-refractivity contribution is 5.93. The number of rotatable bonds is 5. The van der Waals surface area contributed by atoms with Crippen molar-refractivity contribution in [3.05, 3.63) is 33.9 Å². The Morgan fingerprint density at radius 3 is 2.68 bits per heavy atom. The van der Waals surface area contributed by atoms with Crippen LogP contribution in [0.5, 0.6) is 0 Å². The number of aryl methyl sites for hydroxylation is 1. The Kier molecular flexibility index (Phi) is 5.49. The molecule has 1 aromatic rings. The minimum absolute atomic E-state index is 0.0125. The first-order valence-electron chi connectivity index (χ1n) is 7.72. The van der Waals surface area contributed by atoms with Crippen molar-refractivity contribution >= 4 is 17.3 Å². The summed E-state index contributed by atoms with van der Waals surface area (Å²) in [6.07, 6.45) is 6.00. The maximum absolute atomic E-state index is 12.2. The predicted octanol–water partition coefficient (Wildman–Crippen LogP) is 3.11. The first-order chi connectivity index (χ1) is 10.5. The van der Waals surface area contributed by atoms with E-state index in [1.54, 1.807) is 6.07 Å². The maximum Gasteiger partial charge on any atom is 0.271 e. The van der Waals surface area contributed by atoms with Gasteiger partial charge in [-0.05, 0) is 32.4 Å². The molecule has 0 heterocycles. The van der Waals surface area contributed by atoms with E-state index in [-0.39, 0.29) is 11.6 Å². The highest BCUT2D eigenvalue weighted by atomic mass is 16.6. The van der Waals surface area contributed by atoms with Crippen molar-refractivity contribution in [3.8, 4) is 0 Å². The van der Waals surface area contributed by atoms with Crippen LogP contribution in [0.1, 0.15) is 37.7 Å². The lowest BCUT2D eigenvalue weighted by atomic mass is 9.94. The topological polar surface area (TPSA) is 75.5 Å². The molecule has 1 saturated carbocycles. The van der Waals surface area contributed by atoms with Gasteiger partial charge in [0.25, 0.3) is 5.69 Å². The van der Waals surface area contributed by atoms with Gasteiger partial charge in [0.15, 0.2) is 0 Å². The molecule has 1 aliphatic carbocycles. The second-order valence-electron chi connectivity index (χ2n) is 6.01. The molecule has 0 radical (unpaired) electrons. The van der Waals surface area contributed by atoms with Gasteiger partial charge in [-0.15, -0.1) is 0 Å². The largest absolute Gasteiger partial charge is 0.324 e. The van der Waals surface area contributed by atoms with E-state index in [9.17, 15) is 14.9 Å². The molecule has 0 atom stereocenters. The van der Waals surface area contributed by atoms with Gasteiger partial charge in [0, 0.05) is 18.2 Å². The second-order valence-corrected chi connectivity index (χ2v) is 6.01. The number of non-ortho nitro benzene ring substituents is 1. The van der Waals surface area contributed by atoms with E-state index in [4.69, 9.17) is 0 Å². The van der Waals surface area contributed by atoms with E-state index in [2.05, 4.69) is 10.2 Å². The summed E-state index contributed by atoms with van der Waals surface area (Å²) in [5, 5.41) is 13.6. The van der Waals surface area contributed by atoms with Crippen molar-refractivity contribution < 1.29 is 9.72 Å². The Morgan fingerprint density at radius 2 is 2.05 bits per heavy atom. The number of nitro benzene ring substituents is 1. The second kappa shape index (κ2) is 7.35. The number of nitro groups is 1. The van der Waals surface area contributed by atoms with E-state index in [0.717, 1.165) is 18.4 Å². The van der Waals surface area contributed by atoms with Crippen LogP contribution in [0.2, 0.25) is 0 Å². The van der Waals surface area contributed by atoms with Crippen molar-refractivity contribution in [3.63, 3.8) is 0 Å². The molecule has 1 aliphatic rings. The van der Waals surface area contributed by atoms with Crippen LogP contribution in [0, 0.1) is 17.0 Å². The van der Waals surface area contributed by atoms with Crippen molar-refractivity contribution in [1.29, 1.82) is 0 Å². The zero-order valence-corrected chi connectivity index (χ0v) is 13.2. The van der Waals surface area contributed by atoms with E-state index in [1.807, 2.05) is 14.0 Å². The van der Waals surface area contributed by atoms with Crippen molar-refractivity contribution in [2.24, 2.45) is 0 Å². The van der Waals surface area contributed by atoms with E-state index >= 15 is 0 Å². The number of carbonyl (C=O) groups excluding carboxylic acids is 1. The molecular weight excluding hydrogens is 282 g/mol. The standard InChI is InChI=1S/C16H23N3O3/c1-12-8-9-14(19(21)22)10-15(12)17-16(20)11-18(2)13-6-4-3-5-7-13/h8-10,13H,3-7,11H2,1-2H3,(H,17,20). The van der Waals surface area contributed by atoms with Gasteiger partial charge in [-0.25, -0.2) is 0 Å². The lowest BCUT2D eigenvalue weighted by Crippen LogP contribution is -2.39. The molecule has 2 rings (SSSR count). The number of hydrogen-bond acceptors (Lipinski definition) is 4. The predicted molar refractivity (Wildman–Crippen MR) is 86.0 cm³/mol. The average Bonchev–Trinajstić information content (AvgIpc) is 2.50. The molecule has 6 heteroatoms. The molecule has 0 spiro atoms. The van der Waals surface area contributed by atoms with Crippen LogP contribution in [0.15, 0.2) is 18.2 Å². The Labute approximate surface area is 130 Å². The van der Waals surface area contributed by atoms with Gasteiger partial charge in [0.05, 0.1) is 17.2 Å². The molecule has 0 saturated heterocycles. The Bertz CT molecular complexity index is 554. The number of carbonyl (C=O) groups is 1. The number of benzene rings is 1. The summed E-state index contributed by atoms with van der Waals surface area (Å²) in [7, 11) is 1.97. The number of nitrogens with one attached hydrogen (secondary N) is 1. The van der Waals surface area contributed by atoms with Crippen LogP contribution in [0.4, 0.5) is 11.4 Å². The fourth-order valence-electron chi connectivity index (χ4n) is 2.93. The summed E-state index contributed by atoms with van der Waals surface area (Å²) >= 11 is 0. The average molecular weight is 305 g/mol. The van der Waals surface area contributed by atoms with Gasteiger partial charge in [-0.1, -0.05) is 25.3 Å². The molecule has 1 N–H and O–H groups in total. The lowest BCUT2D eigenvalue weighted by Gasteiger charge is -2.30. The van der Waals surface area contributed by atoms with Crippen LogP contribution in [-0.4, -0.2) is 35.4 Å². The van der Waals surface area contributed by atoms with Crippen LogP contribution < -0.4 is 5.32 Å². The first kappa shape index (κ1) is 16.4. The molecule has 6 nitrogen and oxygen atoms in total. The normalized spacial score (nSPS) is 15.8. The third-order valence-corrected chi connectivity index (χ3v) is 4.30. The third-order valence-electron chi connectivity index (χ3n) is 4.30. The molecule has 1 fully saturated rings. The molecule has 0 aliphatic heterocycles. The van der Waals surface area contributed by atoms with Gasteiger partial charge in [0.2, 0.25) is 5.91 Å². The fourth-order valence-corrected chi connectivity index (χ4v) is 2.93. The summed E-state index contributed by atoms with van der Waals surface area (Å²) < 4.78 is 0. The third kappa shape index (κ3) is 4.27. The smallest absolute Gasteiger partial charge is 0.271 e. The van der Waals surface area contributed by atoms with Crippen LogP contribution in [0.25, 0.3) is 0 Å². The van der Waals surface area contributed by atoms with E-state index < -0.39 is 4.92 Å². The molecule has 0 bridgehead atoms. The zero-order valence-electron chi connectivity index (χ0n) is 13.2. The summed E-state index contributed by atoms with van der Waals surface area (Å²) in [6.45, 7) is 2.14. The highest BCUT2D eigenvalue weighted by Gasteiger charge is 2.20.